The molecule has 0 fully saturated rings. The first kappa shape index (κ1) is 29.3. The highest BCUT2D eigenvalue weighted by Crippen LogP contribution is 2.16. The van der Waals surface area contributed by atoms with Crippen molar-refractivity contribution in [2.45, 2.75) is 65.1 Å². The Morgan fingerprint density at radius 3 is 2.18 bits per heavy atom. The molecule has 1 aromatic heterocycles. The highest BCUT2D eigenvalue weighted by molar-refractivity contribution is 5.91. The maximum atomic E-state index is 13.8. The van der Waals surface area contributed by atoms with E-state index < -0.39 is 47.2 Å². The topological polar surface area (TPSA) is 150 Å². The Hall–Kier alpha value is -4.21. The quantitative estimate of drug-likeness (QED) is 0.279. The molecule has 0 bridgehead atoms. The molecule has 0 unspecified atom stereocenters. The van der Waals surface area contributed by atoms with Gasteiger partial charge >= 0.3 is 11.7 Å². The van der Waals surface area contributed by atoms with Crippen molar-refractivity contribution in [3.05, 3.63) is 81.0 Å². The predicted octanol–water partition coefficient (Wildman–Crippen LogP) is 2.62. The molecule has 208 valence electrons. The lowest BCUT2D eigenvalue weighted by molar-refractivity contribution is -0.143. The van der Waals surface area contributed by atoms with E-state index in [-0.39, 0.29) is 30.1 Å². The fourth-order valence-corrected chi connectivity index (χ4v) is 4.51. The lowest BCUT2D eigenvalue weighted by atomic mass is 9.97. The molecule has 4 atom stereocenters. The summed E-state index contributed by atoms with van der Waals surface area (Å²) in [5.41, 5.74) is -0.311. The Morgan fingerprint density at radius 1 is 0.923 bits per heavy atom. The predicted molar refractivity (Wildman–Crippen MR) is 148 cm³/mol. The number of nitrogens with one attached hydrogen (secondary N) is 3. The summed E-state index contributed by atoms with van der Waals surface area (Å²) in [4.78, 5) is 68.0. The van der Waals surface area contributed by atoms with Gasteiger partial charge in [-0.25, -0.2) is 14.2 Å². The number of hydrogen-bond acceptors (Lipinski definition) is 5. The molecular formula is C29H36N4O6. The van der Waals surface area contributed by atoms with Gasteiger partial charge < -0.3 is 20.7 Å². The smallest absolute Gasteiger partial charge is 0.329 e. The van der Waals surface area contributed by atoms with Gasteiger partial charge in [0.25, 0.3) is 5.56 Å². The van der Waals surface area contributed by atoms with Gasteiger partial charge in [-0.3, -0.25) is 14.4 Å². The molecule has 0 aliphatic carbocycles. The molecule has 39 heavy (non-hydrogen) atoms. The minimum absolute atomic E-state index is 0.0210. The van der Waals surface area contributed by atoms with Crippen LogP contribution in [0.15, 0.2) is 64.2 Å². The van der Waals surface area contributed by atoms with Crippen LogP contribution >= 0.6 is 0 Å². The molecule has 3 aromatic rings. The summed E-state index contributed by atoms with van der Waals surface area (Å²) in [7, 11) is 0. The first-order chi connectivity index (χ1) is 18.5. The van der Waals surface area contributed by atoms with Crippen molar-refractivity contribution < 1.29 is 19.5 Å². The summed E-state index contributed by atoms with van der Waals surface area (Å²) in [6.45, 7) is 7.29. The van der Waals surface area contributed by atoms with E-state index in [1.807, 2.05) is 26.8 Å². The Kier molecular flexibility index (Phi) is 9.81. The average molecular weight is 537 g/mol. The van der Waals surface area contributed by atoms with Crippen molar-refractivity contribution >= 4 is 28.7 Å². The number of carboxylic acid groups (broad SMARTS) is 1. The standard InChI is InChI=1S/C29H36N4O6/c1-5-18(4)24(28(37)38)32-25(34)22(15-17(2)3)30-26(35)23(16-19-11-7-6-8-12-19)33-27(36)20-13-9-10-14-21(20)31-29(33)39/h6-14,17-18,22-24H,5,15-16H2,1-4H3,(H,30,35)(H,31,39)(H,32,34)(H,37,38)/t18-,22-,23+,24-/m0/s1. The minimum atomic E-state index is -1.26. The Balaban J connectivity index is 2.02. The largest absolute Gasteiger partial charge is 0.480 e. The zero-order valence-corrected chi connectivity index (χ0v) is 22.6. The van der Waals surface area contributed by atoms with E-state index in [2.05, 4.69) is 15.6 Å². The fraction of sp³-hybridized carbons (Fsp3) is 0.414. The summed E-state index contributed by atoms with van der Waals surface area (Å²) < 4.78 is 0.883. The highest BCUT2D eigenvalue weighted by atomic mass is 16.4. The third kappa shape index (κ3) is 7.22. The number of fused-ring (bicyclic) bond motifs is 1. The molecule has 10 heteroatoms. The van der Waals surface area contributed by atoms with Crippen LogP contribution in [0.2, 0.25) is 0 Å². The molecule has 0 aliphatic heterocycles. The fourth-order valence-electron chi connectivity index (χ4n) is 4.51. The van der Waals surface area contributed by atoms with Gasteiger partial charge in [0.05, 0.1) is 10.9 Å². The molecule has 3 rings (SSSR count). The summed E-state index contributed by atoms with van der Waals surface area (Å²) in [6.07, 6.45) is 0.783. The van der Waals surface area contributed by atoms with Crippen LogP contribution in [0.4, 0.5) is 0 Å². The normalized spacial score (nSPS) is 14.4. The lowest BCUT2D eigenvalue weighted by Gasteiger charge is -2.27. The first-order valence-corrected chi connectivity index (χ1v) is 13.1. The zero-order chi connectivity index (χ0) is 28.7. The van der Waals surface area contributed by atoms with Gasteiger partial charge in [-0.15, -0.1) is 0 Å². The lowest BCUT2D eigenvalue weighted by Crippen LogP contribution is -2.55. The van der Waals surface area contributed by atoms with Crippen molar-refractivity contribution in [3.63, 3.8) is 0 Å². The maximum absolute atomic E-state index is 13.8. The molecule has 0 saturated carbocycles. The van der Waals surface area contributed by atoms with Crippen molar-refractivity contribution in [1.82, 2.24) is 20.2 Å². The third-order valence-corrected chi connectivity index (χ3v) is 6.84. The van der Waals surface area contributed by atoms with Crippen LogP contribution in [0.5, 0.6) is 0 Å². The number of carbonyl (C=O) groups excluding carboxylic acids is 2. The van der Waals surface area contributed by atoms with Crippen molar-refractivity contribution in [2.75, 3.05) is 0 Å². The van der Waals surface area contributed by atoms with Crippen molar-refractivity contribution in [2.24, 2.45) is 11.8 Å². The maximum Gasteiger partial charge on any atom is 0.329 e. The van der Waals surface area contributed by atoms with Crippen molar-refractivity contribution in [1.29, 1.82) is 0 Å². The number of aliphatic carboxylic acids is 1. The van der Waals surface area contributed by atoms with Gasteiger partial charge in [-0.05, 0) is 36.0 Å². The second-order valence-electron chi connectivity index (χ2n) is 10.3. The zero-order valence-electron chi connectivity index (χ0n) is 22.6. The number of carbonyl (C=O) groups is 3. The summed E-state index contributed by atoms with van der Waals surface area (Å²) in [5.74, 6) is -2.85. The van der Waals surface area contributed by atoms with Gasteiger partial charge in [0, 0.05) is 6.42 Å². The van der Waals surface area contributed by atoms with E-state index in [1.165, 1.54) is 0 Å². The van der Waals surface area contributed by atoms with Crippen LogP contribution < -0.4 is 21.9 Å². The van der Waals surface area contributed by atoms with Crippen LogP contribution in [0.25, 0.3) is 10.9 Å². The first-order valence-electron chi connectivity index (χ1n) is 13.1. The SMILES string of the molecule is CC[C@H](C)[C@H](NC(=O)[C@H](CC(C)C)NC(=O)[C@@H](Cc1ccccc1)n1c(=O)[nH]c2ccccc2c1=O)C(=O)O. The van der Waals surface area contributed by atoms with Crippen LogP contribution in [0.1, 0.15) is 52.1 Å². The van der Waals surface area contributed by atoms with E-state index in [9.17, 15) is 29.1 Å². The molecule has 0 spiro atoms. The number of benzene rings is 2. The second kappa shape index (κ2) is 13.0. The van der Waals surface area contributed by atoms with E-state index >= 15 is 0 Å². The Labute approximate surface area is 226 Å². The number of hydrogen-bond donors (Lipinski definition) is 4. The second-order valence-corrected chi connectivity index (χ2v) is 10.3. The van der Waals surface area contributed by atoms with Gasteiger partial charge in [-0.2, -0.15) is 0 Å². The van der Waals surface area contributed by atoms with Crippen LogP contribution in [-0.2, 0) is 20.8 Å². The van der Waals surface area contributed by atoms with Gasteiger partial charge in [0.15, 0.2) is 0 Å². The number of H-pyrrole nitrogens is 1. The Bertz CT molecular complexity index is 1430. The molecule has 0 saturated heterocycles. The van der Waals surface area contributed by atoms with Crippen LogP contribution in [0, 0.1) is 11.8 Å². The molecule has 0 radical (unpaired) electrons. The summed E-state index contributed by atoms with van der Waals surface area (Å²) in [6, 6.07) is 12.0. The van der Waals surface area contributed by atoms with E-state index in [0.717, 1.165) is 4.57 Å². The number of aromatic amines is 1. The number of amides is 2. The molecule has 10 nitrogen and oxygen atoms in total. The van der Waals surface area contributed by atoms with Crippen LogP contribution in [-0.4, -0.2) is 44.5 Å². The van der Waals surface area contributed by atoms with Crippen molar-refractivity contribution in [3.8, 4) is 0 Å². The monoisotopic (exact) mass is 536 g/mol. The Morgan fingerprint density at radius 2 is 1.56 bits per heavy atom. The summed E-state index contributed by atoms with van der Waals surface area (Å²) >= 11 is 0. The van der Waals surface area contributed by atoms with E-state index in [0.29, 0.717) is 17.5 Å². The number of para-hydroxylation sites is 1. The number of rotatable bonds is 12. The number of carboxylic acids is 1. The summed E-state index contributed by atoms with van der Waals surface area (Å²) in [5, 5.41) is 15.2. The molecule has 2 aromatic carbocycles. The van der Waals surface area contributed by atoms with E-state index in [4.69, 9.17) is 0 Å². The van der Waals surface area contributed by atoms with Crippen LogP contribution in [0.3, 0.4) is 0 Å². The van der Waals surface area contributed by atoms with Gasteiger partial charge in [0.1, 0.15) is 18.1 Å². The van der Waals surface area contributed by atoms with Gasteiger partial charge in [-0.1, -0.05) is 76.6 Å². The highest BCUT2D eigenvalue weighted by Gasteiger charge is 2.33. The van der Waals surface area contributed by atoms with E-state index in [1.54, 1.807) is 55.5 Å². The molecule has 1 heterocycles. The average Bonchev–Trinajstić information content (AvgIpc) is 2.90. The number of aromatic nitrogens is 2. The molecular weight excluding hydrogens is 500 g/mol. The molecule has 4 N–H and O–H groups in total. The van der Waals surface area contributed by atoms with Gasteiger partial charge in [0.2, 0.25) is 11.8 Å². The molecule has 2 amide bonds. The minimum Gasteiger partial charge on any atom is -0.480 e. The third-order valence-electron chi connectivity index (χ3n) is 6.84. The number of nitrogens with zero attached hydrogens (tertiary/aromatic N) is 1. The molecule has 0 aliphatic rings.